The van der Waals surface area contributed by atoms with E-state index in [-0.39, 0.29) is 12.5 Å². The molecule has 0 unspecified atom stereocenters. The molecule has 0 amide bonds. The van der Waals surface area contributed by atoms with Crippen molar-refractivity contribution in [2.45, 2.75) is 13.3 Å². The molecule has 100 valence electrons. The summed E-state index contributed by atoms with van der Waals surface area (Å²) in [5.41, 5.74) is 2.13. The fourth-order valence-corrected chi connectivity index (χ4v) is 2.31. The van der Waals surface area contributed by atoms with Crippen molar-refractivity contribution in [2.75, 3.05) is 18.5 Å². The predicted octanol–water partition coefficient (Wildman–Crippen LogP) is 3.25. The number of carbonyl (C=O) groups excluding carboxylic acids is 1. The van der Waals surface area contributed by atoms with Gasteiger partial charge in [-0.25, -0.2) is 0 Å². The maximum absolute atomic E-state index is 11.5. The van der Waals surface area contributed by atoms with Crippen molar-refractivity contribution in [1.82, 2.24) is 0 Å². The zero-order valence-corrected chi connectivity index (χ0v) is 11.7. The molecule has 1 N–H and O–H groups in total. The molecule has 2 aromatic rings. The summed E-state index contributed by atoms with van der Waals surface area (Å²) in [6.07, 6.45) is 0.786. The Hall–Kier alpha value is -1.81. The second-order valence-corrected chi connectivity index (χ2v) is 5.30. The number of esters is 1. The molecular weight excluding hydrogens is 258 g/mol. The number of ether oxygens (including phenoxy) is 1. The molecule has 19 heavy (non-hydrogen) atoms. The van der Waals surface area contributed by atoms with Crippen LogP contribution >= 0.6 is 11.3 Å². The number of benzene rings is 1. The third-order valence-electron chi connectivity index (χ3n) is 2.68. The summed E-state index contributed by atoms with van der Waals surface area (Å²) in [5, 5.41) is 5.07. The third kappa shape index (κ3) is 4.75. The van der Waals surface area contributed by atoms with Crippen LogP contribution in [0, 0.1) is 6.92 Å². The summed E-state index contributed by atoms with van der Waals surface area (Å²) in [4.78, 5) is 12.8. The van der Waals surface area contributed by atoms with Crippen molar-refractivity contribution in [1.29, 1.82) is 0 Å². The Morgan fingerprint density at radius 2 is 2.05 bits per heavy atom. The summed E-state index contributed by atoms with van der Waals surface area (Å²) in [6, 6.07) is 12.0. The first-order valence-electron chi connectivity index (χ1n) is 6.22. The number of rotatable bonds is 6. The van der Waals surface area contributed by atoms with Crippen LogP contribution in [0.25, 0.3) is 0 Å². The highest BCUT2D eigenvalue weighted by atomic mass is 32.1. The quantitative estimate of drug-likeness (QED) is 0.822. The molecule has 4 heteroatoms. The first-order valence-corrected chi connectivity index (χ1v) is 7.10. The van der Waals surface area contributed by atoms with E-state index in [0.29, 0.717) is 6.61 Å². The predicted molar refractivity (Wildman–Crippen MR) is 78.7 cm³/mol. The SMILES string of the molecule is Cc1ccc(NCC(=O)OCCc2cccs2)cc1. The van der Waals surface area contributed by atoms with Crippen molar-refractivity contribution in [2.24, 2.45) is 0 Å². The van der Waals surface area contributed by atoms with Crippen LogP contribution in [-0.4, -0.2) is 19.1 Å². The van der Waals surface area contributed by atoms with Crippen molar-refractivity contribution in [3.63, 3.8) is 0 Å². The molecule has 0 fully saturated rings. The minimum Gasteiger partial charge on any atom is -0.464 e. The summed E-state index contributed by atoms with van der Waals surface area (Å²) in [7, 11) is 0. The van der Waals surface area contributed by atoms with Gasteiger partial charge < -0.3 is 10.1 Å². The van der Waals surface area contributed by atoms with Crippen molar-refractivity contribution in [3.8, 4) is 0 Å². The smallest absolute Gasteiger partial charge is 0.325 e. The van der Waals surface area contributed by atoms with Gasteiger partial charge in [-0.2, -0.15) is 0 Å². The summed E-state index contributed by atoms with van der Waals surface area (Å²) < 4.78 is 5.17. The van der Waals surface area contributed by atoms with E-state index in [9.17, 15) is 4.79 Å². The van der Waals surface area contributed by atoms with E-state index in [4.69, 9.17) is 4.74 Å². The summed E-state index contributed by atoms with van der Waals surface area (Å²) >= 11 is 1.68. The number of thiophene rings is 1. The highest BCUT2D eigenvalue weighted by Gasteiger charge is 2.03. The maximum atomic E-state index is 11.5. The number of hydrogen-bond acceptors (Lipinski definition) is 4. The van der Waals surface area contributed by atoms with Gasteiger partial charge in [-0.05, 0) is 30.5 Å². The second kappa shape index (κ2) is 6.95. The minimum absolute atomic E-state index is 0.202. The van der Waals surface area contributed by atoms with Crippen LogP contribution < -0.4 is 5.32 Å². The lowest BCUT2D eigenvalue weighted by Gasteiger charge is -2.07. The lowest BCUT2D eigenvalue weighted by Crippen LogP contribution is -2.17. The summed E-state index contributed by atoms with van der Waals surface area (Å²) in [6.45, 7) is 2.67. The molecule has 1 aromatic carbocycles. The van der Waals surface area contributed by atoms with Gasteiger partial charge in [0, 0.05) is 17.0 Å². The van der Waals surface area contributed by atoms with Crippen LogP contribution in [0.3, 0.4) is 0 Å². The number of aryl methyl sites for hydroxylation is 1. The van der Waals surface area contributed by atoms with Crippen LogP contribution in [0.1, 0.15) is 10.4 Å². The molecule has 1 heterocycles. The molecule has 1 aromatic heterocycles. The van der Waals surface area contributed by atoms with Gasteiger partial charge in [-0.3, -0.25) is 4.79 Å². The van der Waals surface area contributed by atoms with Gasteiger partial charge >= 0.3 is 5.97 Å². The Bertz CT molecular complexity index is 505. The average Bonchev–Trinajstić information content (AvgIpc) is 2.91. The molecule has 0 saturated carbocycles. The monoisotopic (exact) mass is 275 g/mol. The van der Waals surface area contributed by atoms with Gasteiger partial charge in [0.25, 0.3) is 0 Å². The molecule has 0 radical (unpaired) electrons. The normalized spacial score (nSPS) is 10.2. The van der Waals surface area contributed by atoms with E-state index < -0.39 is 0 Å². The highest BCUT2D eigenvalue weighted by Crippen LogP contribution is 2.09. The van der Waals surface area contributed by atoms with E-state index in [1.807, 2.05) is 48.7 Å². The largest absolute Gasteiger partial charge is 0.464 e. The van der Waals surface area contributed by atoms with Crippen LogP contribution in [0.4, 0.5) is 5.69 Å². The molecule has 0 bridgehead atoms. The highest BCUT2D eigenvalue weighted by molar-refractivity contribution is 7.09. The van der Waals surface area contributed by atoms with Gasteiger partial charge in [0.1, 0.15) is 6.54 Å². The van der Waals surface area contributed by atoms with Gasteiger partial charge in [-0.1, -0.05) is 23.8 Å². The van der Waals surface area contributed by atoms with Crippen molar-refractivity contribution in [3.05, 3.63) is 52.2 Å². The first-order chi connectivity index (χ1) is 9.24. The molecule has 0 aliphatic rings. The molecule has 0 aliphatic carbocycles. The van der Waals surface area contributed by atoms with E-state index in [2.05, 4.69) is 5.32 Å². The van der Waals surface area contributed by atoms with Gasteiger partial charge in [-0.15, -0.1) is 11.3 Å². The topological polar surface area (TPSA) is 38.3 Å². The van der Waals surface area contributed by atoms with E-state index in [0.717, 1.165) is 12.1 Å². The Morgan fingerprint density at radius 3 is 2.74 bits per heavy atom. The van der Waals surface area contributed by atoms with E-state index in [1.165, 1.54) is 10.4 Å². The molecule has 0 atom stereocenters. The molecule has 2 rings (SSSR count). The molecular formula is C15H17NO2S. The van der Waals surface area contributed by atoms with Crippen LogP contribution in [-0.2, 0) is 16.0 Å². The Morgan fingerprint density at radius 1 is 1.26 bits per heavy atom. The number of hydrogen-bond donors (Lipinski definition) is 1. The first kappa shape index (κ1) is 13.6. The van der Waals surface area contributed by atoms with Crippen molar-refractivity contribution < 1.29 is 9.53 Å². The third-order valence-corrected chi connectivity index (χ3v) is 3.62. The standard InChI is InChI=1S/C15H17NO2S/c1-12-4-6-13(7-5-12)16-11-15(17)18-9-8-14-3-2-10-19-14/h2-7,10,16H,8-9,11H2,1H3. The van der Waals surface area contributed by atoms with E-state index in [1.54, 1.807) is 11.3 Å². The fourth-order valence-electron chi connectivity index (χ4n) is 1.62. The second-order valence-electron chi connectivity index (χ2n) is 4.27. The Labute approximate surface area is 117 Å². The summed E-state index contributed by atoms with van der Waals surface area (Å²) in [5.74, 6) is -0.225. The Balaban J connectivity index is 1.65. The molecule has 3 nitrogen and oxygen atoms in total. The van der Waals surface area contributed by atoms with Crippen LogP contribution in [0.2, 0.25) is 0 Å². The Kier molecular flexibility index (Phi) is 4.98. The minimum atomic E-state index is -0.225. The maximum Gasteiger partial charge on any atom is 0.325 e. The molecule has 0 saturated heterocycles. The lowest BCUT2D eigenvalue weighted by atomic mass is 10.2. The molecule has 0 spiro atoms. The van der Waals surface area contributed by atoms with Gasteiger partial charge in [0.15, 0.2) is 0 Å². The van der Waals surface area contributed by atoms with Crippen LogP contribution in [0.15, 0.2) is 41.8 Å². The van der Waals surface area contributed by atoms with Gasteiger partial charge in [0.05, 0.1) is 6.61 Å². The number of nitrogens with one attached hydrogen (secondary N) is 1. The zero-order chi connectivity index (χ0) is 13.5. The van der Waals surface area contributed by atoms with Crippen molar-refractivity contribution >= 4 is 23.0 Å². The van der Waals surface area contributed by atoms with E-state index >= 15 is 0 Å². The lowest BCUT2D eigenvalue weighted by molar-refractivity contribution is -0.141. The zero-order valence-electron chi connectivity index (χ0n) is 10.9. The van der Waals surface area contributed by atoms with Gasteiger partial charge in [0.2, 0.25) is 0 Å². The number of carbonyl (C=O) groups is 1. The van der Waals surface area contributed by atoms with Crippen LogP contribution in [0.5, 0.6) is 0 Å². The fraction of sp³-hybridized carbons (Fsp3) is 0.267. The molecule has 0 aliphatic heterocycles. The average molecular weight is 275 g/mol. The number of anilines is 1.